The van der Waals surface area contributed by atoms with E-state index in [2.05, 4.69) is 40.0 Å². The van der Waals surface area contributed by atoms with Crippen LogP contribution in [0.2, 0.25) is 0 Å². The fourth-order valence-corrected chi connectivity index (χ4v) is 7.08. The summed E-state index contributed by atoms with van der Waals surface area (Å²) in [6.45, 7) is 0. The van der Waals surface area contributed by atoms with Crippen LogP contribution in [0.5, 0.6) is 0 Å². The van der Waals surface area contributed by atoms with Crippen LogP contribution in [-0.4, -0.2) is 45.5 Å². The number of aromatic carboxylic acids is 1. The second kappa shape index (κ2) is 8.99. The van der Waals surface area contributed by atoms with E-state index in [-0.39, 0.29) is 17.7 Å². The Hall–Kier alpha value is -3.28. The van der Waals surface area contributed by atoms with Gasteiger partial charge >= 0.3 is 5.97 Å². The molecule has 36 heavy (non-hydrogen) atoms. The molecule has 1 aromatic carbocycles. The number of amides is 1. The highest BCUT2D eigenvalue weighted by molar-refractivity contribution is 5.91. The van der Waals surface area contributed by atoms with E-state index in [0.717, 1.165) is 29.8 Å². The van der Waals surface area contributed by atoms with Gasteiger partial charge in [-0.05, 0) is 61.1 Å². The van der Waals surface area contributed by atoms with Gasteiger partial charge in [-0.2, -0.15) is 0 Å². The van der Waals surface area contributed by atoms with Crippen LogP contribution < -0.4 is 10.6 Å². The van der Waals surface area contributed by atoms with Crippen LogP contribution in [0.4, 0.5) is 0 Å². The first kappa shape index (κ1) is 23.1. The zero-order chi connectivity index (χ0) is 25.0. The highest BCUT2D eigenvalue weighted by Gasteiger charge is 2.37. The number of aromatic amines is 1. The van der Waals surface area contributed by atoms with Crippen LogP contribution >= 0.6 is 0 Å². The van der Waals surface area contributed by atoms with Gasteiger partial charge in [-0.25, -0.2) is 4.79 Å². The van der Waals surface area contributed by atoms with E-state index in [4.69, 9.17) is 0 Å². The van der Waals surface area contributed by atoms with Crippen LogP contribution in [0.3, 0.4) is 0 Å². The number of carbonyl (C=O) groups is 2. The lowest BCUT2D eigenvalue weighted by molar-refractivity contribution is -0.129. The summed E-state index contributed by atoms with van der Waals surface area (Å²) in [5.74, 6) is 0.0258. The molecule has 3 aliphatic rings. The molecule has 3 heterocycles. The van der Waals surface area contributed by atoms with Gasteiger partial charge in [-0.1, -0.05) is 37.5 Å². The molecule has 2 aliphatic carbocycles. The number of nitrogens with one attached hydrogen (secondary N) is 1. The molecular formula is C30H35N3O3. The lowest BCUT2D eigenvalue weighted by atomic mass is 9.72. The first-order chi connectivity index (χ1) is 17.4. The van der Waals surface area contributed by atoms with E-state index in [1.165, 1.54) is 59.8 Å². The normalized spacial score (nSPS) is 21.8. The molecule has 2 atom stereocenters. The van der Waals surface area contributed by atoms with Crippen molar-refractivity contribution in [3.63, 3.8) is 0 Å². The molecule has 0 radical (unpaired) electrons. The number of nitrogens with zero attached hydrogens (tertiary/aromatic N) is 2. The molecule has 0 bridgehead atoms. The Morgan fingerprint density at radius 2 is 1.92 bits per heavy atom. The van der Waals surface area contributed by atoms with Crippen LogP contribution in [-0.2, 0) is 4.79 Å². The van der Waals surface area contributed by atoms with E-state index in [0.29, 0.717) is 17.9 Å². The molecule has 6 nitrogen and oxygen atoms in total. The van der Waals surface area contributed by atoms with Crippen molar-refractivity contribution in [1.82, 2.24) is 14.5 Å². The SMILES string of the molecule is CN(C)C(=O)CC1CCCC2=c3[nH]cc(C(=O)O)c3=Cn3c(cc4cccc(C5CCCCC5)c43)[C@@H]21. The van der Waals surface area contributed by atoms with Gasteiger partial charge < -0.3 is 19.6 Å². The summed E-state index contributed by atoms with van der Waals surface area (Å²) in [4.78, 5) is 30.1. The van der Waals surface area contributed by atoms with Crippen molar-refractivity contribution in [2.75, 3.05) is 14.1 Å². The van der Waals surface area contributed by atoms with Gasteiger partial charge in [0.05, 0.1) is 11.1 Å². The topological polar surface area (TPSA) is 78.3 Å². The van der Waals surface area contributed by atoms with Crippen molar-refractivity contribution >= 4 is 34.6 Å². The molecular weight excluding hydrogens is 450 g/mol. The van der Waals surface area contributed by atoms with Crippen molar-refractivity contribution in [3.8, 4) is 0 Å². The summed E-state index contributed by atoms with van der Waals surface area (Å²) < 4.78 is 2.30. The molecule has 2 saturated carbocycles. The number of H-pyrrole nitrogens is 1. The van der Waals surface area contributed by atoms with E-state index in [9.17, 15) is 14.7 Å². The number of rotatable bonds is 4. The lowest BCUT2D eigenvalue weighted by Crippen LogP contribution is -2.34. The first-order valence-electron chi connectivity index (χ1n) is 13.4. The number of carbonyl (C=O) groups excluding carboxylic acids is 1. The number of aromatic nitrogens is 2. The maximum absolute atomic E-state index is 12.9. The molecule has 2 fully saturated rings. The van der Waals surface area contributed by atoms with Gasteiger partial charge in [0.25, 0.3) is 0 Å². The van der Waals surface area contributed by atoms with Crippen molar-refractivity contribution in [2.45, 2.75) is 69.6 Å². The summed E-state index contributed by atoms with van der Waals surface area (Å²) in [5.41, 5.74) is 5.35. The minimum Gasteiger partial charge on any atom is -0.478 e. The third-order valence-corrected chi connectivity index (χ3v) is 8.82. The Labute approximate surface area is 211 Å². The fraction of sp³-hybridized carbons (Fsp3) is 0.467. The van der Waals surface area contributed by atoms with Gasteiger partial charge in [0.1, 0.15) is 0 Å². The quantitative estimate of drug-likeness (QED) is 0.570. The highest BCUT2D eigenvalue weighted by atomic mass is 16.4. The molecule has 1 amide bonds. The second-order valence-corrected chi connectivity index (χ2v) is 11.1. The molecule has 188 valence electrons. The standard InChI is InChI=1S/C30H35N3O3/c1-32(2)26(34)15-19-10-6-13-22-27(19)25-14-20-11-7-12-21(18-8-4-3-5-9-18)29(20)33(25)17-24-23(30(35)36)16-31-28(22)24/h7,11-12,14,16-19,27,31H,3-6,8-10,13,15H2,1-2H3,(H,35,36)/t19?,27-/m1/s1. The molecule has 6 heteroatoms. The molecule has 1 aliphatic heterocycles. The van der Waals surface area contributed by atoms with Crippen molar-refractivity contribution in [1.29, 1.82) is 0 Å². The van der Waals surface area contributed by atoms with Crippen LogP contribution in [0.15, 0.2) is 30.5 Å². The number of hydrogen-bond donors (Lipinski definition) is 2. The summed E-state index contributed by atoms with van der Waals surface area (Å²) in [6, 6.07) is 8.96. The molecule has 0 spiro atoms. The van der Waals surface area contributed by atoms with E-state index in [1.807, 2.05) is 14.1 Å². The second-order valence-electron chi connectivity index (χ2n) is 11.1. The smallest absolute Gasteiger partial charge is 0.337 e. The van der Waals surface area contributed by atoms with Gasteiger partial charge in [0, 0.05) is 60.5 Å². The van der Waals surface area contributed by atoms with E-state index < -0.39 is 5.97 Å². The number of carboxylic acid groups (broad SMARTS) is 1. The summed E-state index contributed by atoms with van der Waals surface area (Å²) in [5, 5.41) is 12.9. The van der Waals surface area contributed by atoms with Crippen LogP contribution in [0.1, 0.15) is 91.2 Å². The minimum absolute atomic E-state index is 0.0760. The Kier molecular flexibility index (Phi) is 5.78. The number of benzene rings is 1. The molecule has 2 N–H and O–H groups in total. The maximum atomic E-state index is 12.9. The predicted molar refractivity (Wildman–Crippen MR) is 141 cm³/mol. The zero-order valence-electron chi connectivity index (χ0n) is 21.2. The lowest BCUT2D eigenvalue weighted by Gasteiger charge is -2.34. The van der Waals surface area contributed by atoms with Crippen LogP contribution in [0, 0.1) is 5.92 Å². The predicted octanol–water partition coefficient (Wildman–Crippen LogP) is 4.53. The van der Waals surface area contributed by atoms with Crippen LogP contribution in [0.25, 0.3) is 22.7 Å². The Morgan fingerprint density at radius 1 is 1.11 bits per heavy atom. The van der Waals surface area contributed by atoms with E-state index >= 15 is 0 Å². The van der Waals surface area contributed by atoms with Crippen molar-refractivity contribution in [3.05, 3.63) is 57.9 Å². The number of carboxylic acids is 1. The van der Waals surface area contributed by atoms with Crippen molar-refractivity contribution < 1.29 is 14.7 Å². The van der Waals surface area contributed by atoms with Gasteiger partial charge in [-0.15, -0.1) is 0 Å². The third kappa shape index (κ3) is 3.69. The Morgan fingerprint density at radius 3 is 2.67 bits per heavy atom. The maximum Gasteiger partial charge on any atom is 0.337 e. The molecule has 3 aromatic rings. The Bertz CT molecular complexity index is 1470. The first-order valence-corrected chi connectivity index (χ1v) is 13.4. The fourth-order valence-electron chi connectivity index (χ4n) is 7.08. The average molecular weight is 486 g/mol. The Balaban J connectivity index is 1.64. The molecule has 6 rings (SSSR count). The molecule has 2 aromatic heterocycles. The summed E-state index contributed by atoms with van der Waals surface area (Å²) in [6.07, 6.45) is 13.4. The molecule has 0 saturated heterocycles. The average Bonchev–Trinajstić information content (AvgIpc) is 3.43. The number of para-hydroxylation sites is 1. The number of fused-ring (bicyclic) bond motifs is 6. The minimum atomic E-state index is -0.913. The van der Waals surface area contributed by atoms with Gasteiger partial charge in [0.15, 0.2) is 0 Å². The van der Waals surface area contributed by atoms with Gasteiger partial charge in [-0.3, -0.25) is 4.79 Å². The summed E-state index contributed by atoms with van der Waals surface area (Å²) >= 11 is 0. The monoisotopic (exact) mass is 485 g/mol. The highest BCUT2D eigenvalue weighted by Crippen LogP contribution is 2.47. The third-order valence-electron chi connectivity index (χ3n) is 8.82. The van der Waals surface area contributed by atoms with Crippen molar-refractivity contribution in [2.24, 2.45) is 5.92 Å². The molecule has 1 unspecified atom stereocenters. The zero-order valence-corrected chi connectivity index (χ0v) is 21.2. The number of hydrogen-bond acceptors (Lipinski definition) is 2. The largest absolute Gasteiger partial charge is 0.478 e. The van der Waals surface area contributed by atoms with E-state index in [1.54, 1.807) is 11.1 Å². The van der Waals surface area contributed by atoms with Gasteiger partial charge in [0.2, 0.25) is 5.91 Å². The summed E-state index contributed by atoms with van der Waals surface area (Å²) in [7, 11) is 3.65.